The van der Waals surface area contributed by atoms with Crippen molar-refractivity contribution in [2.75, 3.05) is 7.11 Å². The van der Waals surface area contributed by atoms with E-state index >= 15 is 0 Å². The first-order valence-corrected chi connectivity index (χ1v) is 14.8. The first kappa shape index (κ1) is 31.9. The van der Waals surface area contributed by atoms with Gasteiger partial charge in [-0.3, -0.25) is 4.79 Å². The Balaban J connectivity index is 1.69. The first-order valence-electron chi connectivity index (χ1n) is 14.5. The first-order chi connectivity index (χ1) is 20.8. The lowest BCUT2D eigenvalue weighted by molar-refractivity contribution is -0.160. The summed E-state index contributed by atoms with van der Waals surface area (Å²) in [5.41, 5.74) is 3.26. The molecule has 4 nitrogen and oxygen atoms in total. The molecule has 0 aliphatic carbocycles. The number of terminal acetylenes is 1. The molecular weight excluding hydrogens is 556 g/mol. The van der Waals surface area contributed by atoms with Gasteiger partial charge < -0.3 is 14.2 Å². The summed E-state index contributed by atoms with van der Waals surface area (Å²) >= 11 is 6.71. The van der Waals surface area contributed by atoms with Crippen LogP contribution in [-0.2, 0) is 45.9 Å². The second kappa shape index (κ2) is 14.9. The van der Waals surface area contributed by atoms with Crippen LogP contribution in [0.3, 0.4) is 0 Å². The van der Waals surface area contributed by atoms with Crippen molar-refractivity contribution in [1.82, 2.24) is 0 Å². The summed E-state index contributed by atoms with van der Waals surface area (Å²) in [7, 11) is 1.65. The molecule has 43 heavy (non-hydrogen) atoms. The second-order valence-corrected chi connectivity index (χ2v) is 11.7. The van der Waals surface area contributed by atoms with Gasteiger partial charge >= 0.3 is 5.97 Å². The molecule has 0 aliphatic heterocycles. The summed E-state index contributed by atoms with van der Waals surface area (Å²) in [5, 5.41) is 0.605. The number of carbonyl (C=O) groups excluding carboxylic acids is 1. The average molecular weight is 595 g/mol. The van der Waals surface area contributed by atoms with Gasteiger partial charge in [-0.25, -0.2) is 0 Å². The summed E-state index contributed by atoms with van der Waals surface area (Å²) in [6.45, 7) is 4.87. The monoisotopic (exact) mass is 594 g/mol. The zero-order valence-corrected chi connectivity index (χ0v) is 25.9. The van der Waals surface area contributed by atoms with Gasteiger partial charge in [0.1, 0.15) is 12.4 Å². The Morgan fingerprint density at radius 1 is 0.814 bits per heavy atom. The van der Waals surface area contributed by atoms with E-state index in [0.29, 0.717) is 37.5 Å². The standard InChI is InChI=1S/C38H39ClO4/c1-5-6-23-38(25-29-13-9-7-10-14-29,37(2,3)36(40)43-27-30-15-11-8-12-16-30)33-19-22-35(39)32(24-33)28-42-26-31-17-20-34(41-4)21-18-31/h1,7-22,24H,6,23,25-28H2,2-4H3. The quantitative estimate of drug-likeness (QED) is 0.108. The Bertz CT molecular complexity index is 1510. The molecule has 0 amide bonds. The maximum absolute atomic E-state index is 14.0. The minimum atomic E-state index is -0.941. The highest BCUT2D eigenvalue weighted by Gasteiger charge is 2.51. The van der Waals surface area contributed by atoms with Gasteiger partial charge in [-0.2, -0.15) is 0 Å². The number of benzene rings is 4. The van der Waals surface area contributed by atoms with Crippen LogP contribution in [0.2, 0.25) is 5.02 Å². The van der Waals surface area contributed by atoms with Gasteiger partial charge in [-0.05, 0) is 72.7 Å². The van der Waals surface area contributed by atoms with Crippen LogP contribution in [0.5, 0.6) is 5.75 Å². The Morgan fingerprint density at radius 3 is 2.07 bits per heavy atom. The highest BCUT2D eigenvalue weighted by atomic mass is 35.5. The molecule has 0 radical (unpaired) electrons. The largest absolute Gasteiger partial charge is 0.497 e. The normalized spacial score (nSPS) is 12.6. The fourth-order valence-electron chi connectivity index (χ4n) is 5.54. The zero-order valence-electron chi connectivity index (χ0n) is 25.1. The van der Waals surface area contributed by atoms with E-state index in [0.717, 1.165) is 33.6 Å². The van der Waals surface area contributed by atoms with E-state index in [1.165, 1.54) is 0 Å². The molecule has 1 unspecified atom stereocenters. The maximum Gasteiger partial charge on any atom is 0.312 e. The zero-order chi connectivity index (χ0) is 30.7. The molecule has 4 rings (SSSR count). The molecule has 0 fully saturated rings. The van der Waals surface area contributed by atoms with Crippen LogP contribution in [0, 0.1) is 17.8 Å². The molecule has 1 atom stereocenters. The number of halogens is 1. The predicted octanol–water partition coefficient (Wildman–Crippen LogP) is 8.73. The van der Waals surface area contributed by atoms with Gasteiger partial charge in [0.05, 0.1) is 25.7 Å². The summed E-state index contributed by atoms with van der Waals surface area (Å²) < 4.78 is 17.3. The Hall–Kier alpha value is -4.04. The van der Waals surface area contributed by atoms with Gasteiger partial charge in [0.25, 0.3) is 0 Å². The molecule has 0 saturated carbocycles. The maximum atomic E-state index is 14.0. The Kier molecular flexibility index (Phi) is 11.1. The van der Waals surface area contributed by atoms with Crippen molar-refractivity contribution >= 4 is 17.6 Å². The van der Waals surface area contributed by atoms with Crippen molar-refractivity contribution in [2.45, 2.75) is 58.3 Å². The minimum Gasteiger partial charge on any atom is -0.497 e. The lowest BCUT2D eigenvalue weighted by Gasteiger charge is -2.46. The molecule has 0 saturated heterocycles. The molecule has 222 valence electrons. The van der Waals surface area contributed by atoms with Crippen molar-refractivity contribution in [3.63, 3.8) is 0 Å². The summed E-state index contributed by atoms with van der Waals surface area (Å²) in [6, 6.07) is 33.7. The van der Waals surface area contributed by atoms with Crippen LogP contribution in [0.4, 0.5) is 0 Å². The molecule has 0 aliphatic rings. The van der Waals surface area contributed by atoms with Gasteiger partial charge in [-0.15, -0.1) is 12.3 Å². The van der Waals surface area contributed by atoms with E-state index in [4.69, 9.17) is 32.2 Å². The molecule has 4 aromatic carbocycles. The van der Waals surface area contributed by atoms with Crippen molar-refractivity contribution in [1.29, 1.82) is 0 Å². The van der Waals surface area contributed by atoms with E-state index in [1.54, 1.807) is 7.11 Å². The number of hydrogen-bond acceptors (Lipinski definition) is 4. The molecule has 5 heteroatoms. The highest BCUT2D eigenvalue weighted by Crippen LogP contribution is 2.49. The van der Waals surface area contributed by atoms with Crippen molar-refractivity contribution < 1.29 is 19.0 Å². The summed E-state index contributed by atoms with van der Waals surface area (Å²) in [5.74, 6) is 3.34. The molecule has 0 spiro atoms. The fourth-order valence-corrected chi connectivity index (χ4v) is 5.71. The number of rotatable bonds is 14. The summed E-state index contributed by atoms with van der Waals surface area (Å²) in [6.07, 6.45) is 7.51. The molecule has 0 aromatic heterocycles. The molecule has 0 heterocycles. The third-order valence-electron chi connectivity index (χ3n) is 8.25. The lowest BCUT2D eigenvalue weighted by Crippen LogP contribution is -2.49. The number of ether oxygens (including phenoxy) is 3. The second-order valence-electron chi connectivity index (χ2n) is 11.3. The van der Waals surface area contributed by atoms with Crippen molar-refractivity contribution in [3.05, 3.63) is 136 Å². The topological polar surface area (TPSA) is 44.8 Å². The van der Waals surface area contributed by atoms with Crippen LogP contribution in [0.15, 0.2) is 103 Å². The van der Waals surface area contributed by atoms with Crippen LogP contribution in [-0.4, -0.2) is 13.1 Å². The number of carbonyl (C=O) groups is 1. The number of methoxy groups -OCH3 is 1. The SMILES string of the molecule is C#CCCC(Cc1ccccc1)(c1ccc(Cl)c(COCc2ccc(OC)cc2)c1)C(C)(C)C(=O)OCc1ccccc1. The van der Waals surface area contributed by atoms with Crippen LogP contribution in [0.1, 0.15) is 54.5 Å². The summed E-state index contributed by atoms with van der Waals surface area (Å²) in [4.78, 5) is 14.0. The third kappa shape index (κ3) is 7.87. The molecular formula is C38H39ClO4. The number of esters is 1. The van der Waals surface area contributed by atoms with Crippen LogP contribution >= 0.6 is 11.6 Å². The van der Waals surface area contributed by atoms with Gasteiger partial charge in [-0.1, -0.05) is 96.5 Å². The van der Waals surface area contributed by atoms with E-state index in [-0.39, 0.29) is 12.6 Å². The van der Waals surface area contributed by atoms with Crippen molar-refractivity contribution in [3.8, 4) is 18.1 Å². The van der Waals surface area contributed by atoms with E-state index in [9.17, 15) is 4.79 Å². The number of hydrogen-bond donors (Lipinski definition) is 0. The predicted molar refractivity (Wildman–Crippen MR) is 173 cm³/mol. The Morgan fingerprint density at radius 2 is 1.44 bits per heavy atom. The smallest absolute Gasteiger partial charge is 0.312 e. The fraction of sp³-hybridized carbons (Fsp3) is 0.289. The molecule has 0 bridgehead atoms. The Labute approximate surface area is 261 Å². The van der Waals surface area contributed by atoms with Crippen LogP contribution < -0.4 is 4.74 Å². The van der Waals surface area contributed by atoms with Gasteiger partial charge in [0.15, 0.2) is 0 Å². The molecule has 0 N–H and O–H groups in total. The minimum absolute atomic E-state index is 0.199. The highest BCUT2D eigenvalue weighted by molar-refractivity contribution is 6.31. The van der Waals surface area contributed by atoms with Crippen LogP contribution in [0.25, 0.3) is 0 Å². The third-order valence-corrected chi connectivity index (χ3v) is 8.62. The van der Waals surface area contributed by atoms with E-state index in [1.807, 2.05) is 98.8 Å². The van der Waals surface area contributed by atoms with Gasteiger partial charge in [0.2, 0.25) is 0 Å². The van der Waals surface area contributed by atoms with E-state index < -0.39 is 10.8 Å². The van der Waals surface area contributed by atoms with Gasteiger partial charge in [0, 0.05) is 16.9 Å². The van der Waals surface area contributed by atoms with Crippen molar-refractivity contribution in [2.24, 2.45) is 5.41 Å². The average Bonchev–Trinajstić information content (AvgIpc) is 3.04. The van der Waals surface area contributed by atoms with E-state index in [2.05, 4.69) is 24.1 Å². The molecule has 4 aromatic rings. The lowest BCUT2D eigenvalue weighted by atomic mass is 9.56.